The van der Waals surface area contributed by atoms with Gasteiger partial charge in [0.2, 0.25) is 0 Å². The number of aromatic nitrogens is 2. The molecular formula is C22H23FN4O. The molecule has 6 heteroatoms. The number of rotatable bonds is 4. The second-order valence-corrected chi connectivity index (χ2v) is 7.24. The highest BCUT2D eigenvalue weighted by Gasteiger charge is 2.27. The summed E-state index contributed by atoms with van der Waals surface area (Å²) in [5, 5.41) is 7.98. The zero-order valence-corrected chi connectivity index (χ0v) is 16.0. The molecule has 0 radical (unpaired) electrons. The standard InChI is InChI=1S/C22H23FN4O/c1-15-4-3-5-16(12-15)21-20(22(28)26(2)19-10-11-24-13-19)14-27(25-21)18-8-6-17(23)7-9-18/h3-9,12,14,19,24H,10-11,13H2,1-2H3. The van der Waals surface area contributed by atoms with Crippen LogP contribution in [0.3, 0.4) is 0 Å². The zero-order chi connectivity index (χ0) is 19.7. The Labute approximate surface area is 163 Å². The highest BCUT2D eigenvalue weighted by atomic mass is 19.1. The van der Waals surface area contributed by atoms with Gasteiger partial charge in [-0.25, -0.2) is 9.07 Å². The second-order valence-electron chi connectivity index (χ2n) is 7.24. The van der Waals surface area contributed by atoms with Gasteiger partial charge in [0.25, 0.3) is 5.91 Å². The summed E-state index contributed by atoms with van der Waals surface area (Å²) in [5.74, 6) is -0.363. The van der Waals surface area contributed by atoms with Gasteiger partial charge in [-0.2, -0.15) is 5.10 Å². The molecule has 144 valence electrons. The molecule has 1 aromatic heterocycles. The number of benzene rings is 2. The first kappa shape index (κ1) is 18.4. The van der Waals surface area contributed by atoms with E-state index in [9.17, 15) is 9.18 Å². The van der Waals surface area contributed by atoms with E-state index in [1.165, 1.54) is 12.1 Å². The molecule has 3 aromatic rings. The first-order chi connectivity index (χ1) is 13.5. The number of amides is 1. The van der Waals surface area contributed by atoms with Gasteiger partial charge in [-0.15, -0.1) is 0 Å². The van der Waals surface area contributed by atoms with Crippen molar-refractivity contribution in [2.75, 3.05) is 20.1 Å². The van der Waals surface area contributed by atoms with E-state index >= 15 is 0 Å². The summed E-state index contributed by atoms with van der Waals surface area (Å²) in [4.78, 5) is 15.1. The summed E-state index contributed by atoms with van der Waals surface area (Å²) in [5.41, 5.74) is 3.88. The normalized spacial score (nSPS) is 16.3. The SMILES string of the molecule is Cc1cccc(-c2nn(-c3ccc(F)cc3)cc2C(=O)N(C)C2CCNC2)c1. The van der Waals surface area contributed by atoms with Crippen LogP contribution < -0.4 is 5.32 Å². The largest absolute Gasteiger partial charge is 0.337 e. The molecule has 1 aliphatic heterocycles. The molecule has 1 N–H and O–H groups in total. The second kappa shape index (κ2) is 7.56. The van der Waals surface area contributed by atoms with E-state index in [1.807, 2.05) is 38.2 Å². The summed E-state index contributed by atoms with van der Waals surface area (Å²) in [7, 11) is 1.84. The van der Waals surface area contributed by atoms with Crippen molar-refractivity contribution >= 4 is 5.91 Å². The maximum Gasteiger partial charge on any atom is 0.257 e. The number of aryl methyl sites for hydroxylation is 1. The Kier molecular flexibility index (Phi) is 4.96. The van der Waals surface area contributed by atoms with Crippen molar-refractivity contribution in [3.63, 3.8) is 0 Å². The van der Waals surface area contributed by atoms with Crippen LogP contribution in [0.1, 0.15) is 22.3 Å². The van der Waals surface area contributed by atoms with Crippen molar-refractivity contribution in [3.05, 3.63) is 71.7 Å². The van der Waals surface area contributed by atoms with E-state index in [0.717, 1.165) is 30.6 Å². The molecule has 1 aliphatic rings. The first-order valence-corrected chi connectivity index (χ1v) is 9.43. The fourth-order valence-corrected chi connectivity index (χ4v) is 3.59. The number of hydrogen-bond acceptors (Lipinski definition) is 3. The van der Waals surface area contributed by atoms with Gasteiger partial charge in [-0.1, -0.05) is 23.8 Å². The smallest absolute Gasteiger partial charge is 0.257 e. The van der Waals surface area contributed by atoms with Crippen LogP contribution in [0.25, 0.3) is 16.9 Å². The van der Waals surface area contributed by atoms with E-state index in [0.29, 0.717) is 16.9 Å². The fraction of sp³-hybridized carbons (Fsp3) is 0.273. The fourth-order valence-electron chi connectivity index (χ4n) is 3.59. The van der Waals surface area contributed by atoms with Crippen molar-refractivity contribution in [2.24, 2.45) is 0 Å². The maximum atomic E-state index is 13.3. The average Bonchev–Trinajstić information content (AvgIpc) is 3.38. The van der Waals surface area contributed by atoms with E-state index in [2.05, 4.69) is 10.4 Å². The maximum absolute atomic E-state index is 13.3. The van der Waals surface area contributed by atoms with Crippen LogP contribution in [-0.2, 0) is 0 Å². The summed E-state index contributed by atoms with van der Waals surface area (Å²) in [6, 6.07) is 14.2. The molecule has 0 aliphatic carbocycles. The lowest BCUT2D eigenvalue weighted by molar-refractivity contribution is 0.0744. The van der Waals surface area contributed by atoms with Crippen LogP contribution in [0.2, 0.25) is 0 Å². The van der Waals surface area contributed by atoms with Crippen molar-refractivity contribution in [2.45, 2.75) is 19.4 Å². The number of nitrogens with zero attached hydrogens (tertiary/aromatic N) is 3. The molecule has 2 heterocycles. The number of likely N-dealkylation sites (N-methyl/N-ethyl adjacent to an activating group) is 1. The third-order valence-corrected chi connectivity index (χ3v) is 5.23. The van der Waals surface area contributed by atoms with Crippen molar-refractivity contribution in [3.8, 4) is 16.9 Å². The topological polar surface area (TPSA) is 50.2 Å². The molecular weight excluding hydrogens is 355 g/mol. The molecule has 1 saturated heterocycles. The minimum Gasteiger partial charge on any atom is -0.337 e. The lowest BCUT2D eigenvalue weighted by Crippen LogP contribution is -2.38. The average molecular weight is 378 g/mol. The summed E-state index contributed by atoms with van der Waals surface area (Å²) >= 11 is 0. The lowest BCUT2D eigenvalue weighted by atomic mass is 10.0. The zero-order valence-electron chi connectivity index (χ0n) is 16.0. The number of halogens is 1. The molecule has 5 nitrogen and oxygen atoms in total. The molecule has 1 amide bonds. The van der Waals surface area contributed by atoms with Gasteiger partial charge in [0.15, 0.2) is 0 Å². The predicted molar refractivity (Wildman–Crippen MR) is 107 cm³/mol. The Morgan fingerprint density at radius 2 is 2.04 bits per heavy atom. The van der Waals surface area contributed by atoms with Crippen molar-refractivity contribution in [1.29, 1.82) is 0 Å². The number of carbonyl (C=O) groups excluding carboxylic acids is 1. The molecule has 0 bridgehead atoms. The Hall–Kier alpha value is -2.99. The number of nitrogens with one attached hydrogen (secondary N) is 1. The van der Waals surface area contributed by atoms with Gasteiger partial charge < -0.3 is 10.2 Å². The van der Waals surface area contributed by atoms with Crippen molar-refractivity contribution < 1.29 is 9.18 Å². The Morgan fingerprint density at radius 3 is 2.71 bits per heavy atom. The van der Waals surface area contributed by atoms with Crippen LogP contribution in [0, 0.1) is 12.7 Å². The molecule has 4 rings (SSSR count). The molecule has 1 atom stereocenters. The van der Waals surface area contributed by atoms with Gasteiger partial charge >= 0.3 is 0 Å². The first-order valence-electron chi connectivity index (χ1n) is 9.43. The van der Waals surface area contributed by atoms with Gasteiger partial charge in [0, 0.05) is 31.4 Å². The molecule has 1 unspecified atom stereocenters. The molecule has 0 spiro atoms. The molecule has 1 fully saturated rings. The monoisotopic (exact) mass is 378 g/mol. The van der Waals surface area contributed by atoms with Gasteiger partial charge in [0.1, 0.15) is 11.5 Å². The quantitative estimate of drug-likeness (QED) is 0.757. The van der Waals surface area contributed by atoms with Gasteiger partial charge in [0.05, 0.1) is 11.3 Å². The Bertz CT molecular complexity index is 990. The summed E-state index contributed by atoms with van der Waals surface area (Å²) in [6.45, 7) is 3.73. The Balaban J connectivity index is 1.78. The van der Waals surface area contributed by atoms with Crippen LogP contribution in [0.5, 0.6) is 0 Å². The van der Waals surface area contributed by atoms with Gasteiger partial charge in [-0.05, 0) is 50.2 Å². The van der Waals surface area contributed by atoms with Crippen LogP contribution in [-0.4, -0.2) is 46.8 Å². The molecule has 28 heavy (non-hydrogen) atoms. The third kappa shape index (κ3) is 3.55. The van der Waals surface area contributed by atoms with Crippen LogP contribution in [0.15, 0.2) is 54.7 Å². The molecule has 2 aromatic carbocycles. The van der Waals surface area contributed by atoms with Crippen molar-refractivity contribution in [1.82, 2.24) is 20.0 Å². The summed E-state index contributed by atoms with van der Waals surface area (Å²) < 4.78 is 15.0. The van der Waals surface area contributed by atoms with E-state index in [4.69, 9.17) is 0 Å². The lowest BCUT2D eigenvalue weighted by Gasteiger charge is -2.23. The third-order valence-electron chi connectivity index (χ3n) is 5.23. The minimum absolute atomic E-state index is 0.0569. The Morgan fingerprint density at radius 1 is 1.25 bits per heavy atom. The molecule has 0 saturated carbocycles. The van der Waals surface area contributed by atoms with E-state index in [-0.39, 0.29) is 17.8 Å². The highest BCUT2D eigenvalue weighted by Crippen LogP contribution is 2.26. The van der Waals surface area contributed by atoms with Crippen LogP contribution >= 0.6 is 0 Å². The number of hydrogen-bond donors (Lipinski definition) is 1. The van der Waals surface area contributed by atoms with Crippen LogP contribution in [0.4, 0.5) is 4.39 Å². The number of carbonyl (C=O) groups is 1. The van der Waals surface area contributed by atoms with Gasteiger partial charge in [-0.3, -0.25) is 4.79 Å². The predicted octanol–water partition coefficient (Wildman–Crippen LogP) is 3.42. The summed E-state index contributed by atoms with van der Waals surface area (Å²) in [6.07, 6.45) is 2.68. The van der Waals surface area contributed by atoms with E-state index < -0.39 is 0 Å². The highest BCUT2D eigenvalue weighted by molar-refractivity contribution is 6.00. The van der Waals surface area contributed by atoms with E-state index in [1.54, 1.807) is 27.9 Å². The minimum atomic E-state index is -0.306.